The van der Waals surface area contributed by atoms with Gasteiger partial charge in [0, 0.05) is 30.1 Å². The van der Waals surface area contributed by atoms with Crippen LogP contribution in [0.4, 0.5) is 17.1 Å². The highest BCUT2D eigenvalue weighted by atomic mass is 16.5. The fourth-order valence-corrected chi connectivity index (χ4v) is 7.19. The first-order valence-electron chi connectivity index (χ1n) is 16.8. The topological polar surface area (TPSA) is 120 Å². The van der Waals surface area contributed by atoms with E-state index in [1.807, 2.05) is 54.6 Å². The summed E-state index contributed by atoms with van der Waals surface area (Å²) >= 11 is 0. The van der Waals surface area contributed by atoms with Crippen LogP contribution in [0.2, 0.25) is 0 Å². The highest BCUT2D eigenvalue weighted by Gasteiger charge is 2.52. The van der Waals surface area contributed by atoms with Crippen molar-refractivity contribution in [1.82, 2.24) is 4.90 Å². The van der Waals surface area contributed by atoms with Crippen LogP contribution in [0, 0.1) is 5.92 Å². The van der Waals surface area contributed by atoms with Crippen LogP contribution in [0.25, 0.3) is 0 Å². The number of ether oxygens (including phenoxy) is 2. The number of fused-ring (bicyclic) bond motifs is 3. The molecule has 3 atom stereocenters. The van der Waals surface area contributed by atoms with E-state index in [1.165, 1.54) is 7.11 Å². The standard InChI is InChI=1S/C40H39N3O7/c1-26(9-7-15-37(45)41-22-8-10-29(41)25-44)40(48)32-23-30(49-2)20-21-33(32)42(39(40)47)24-27-16-18-28(19-17-27)43-34-12-4-6-14-36(34)50-35-13-5-3-11-31(35)38(43)46/h3-7,9,11-14,16-21,23,26,29,44,48H,8,10,15,22,24-25H2,1-2H3/b9-7+/t26-,29+,40+/m1/s1. The zero-order chi connectivity index (χ0) is 35.0. The largest absolute Gasteiger partial charge is 0.497 e. The fourth-order valence-electron chi connectivity index (χ4n) is 7.19. The summed E-state index contributed by atoms with van der Waals surface area (Å²) in [5.74, 6) is 0.0664. The number of rotatable bonds is 9. The molecule has 0 spiro atoms. The molecule has 0 aromatic heterocycles. The van der Waals surface area contributed by atoms with Gasteiger partial charge in [-0.1, -0.05) is 55.5 Å². The normalized spacial score (nSPS) is 20.3. The predicted octanol–water partition coefficient (Wildman–Crippen LogP) is 6.08. The average molecular weight is 674 g/mol. The molecular formula is C40H39N3O7. The molecule has 0 radical (unpaired) electrons. The lowest BCUT2D eigenvalue weighted by atomic mass is 9.83. The van der Waals surface area contributed by atoms with Crippen molar-refractivity contribution in [3.8, 4) is 17.2 Å². The Kier molecular flexibility index (Phi) is 8.90. The van der Waals surface area contributed by atoms with Crippen LogP contribution in [0.5, 0.6) is 17.2 Å². The molecule has 7 rings (SSSR count). The fraction of sp³-hybridized carbons (Fsp3) is 0.275. The molecule has 1 fully saturated rings. The van der Waals surface area contributed by atoms with E-state index in [0.29, 0.717) is 52.0 Å². The SMILES string of the molecule is COc1ccc2c(c1)[C@@](O)([C@H](C)/C=C/CC(=O)N1CCC[C@H]1CO)C(=O)N2Cc1ccc(N2C(=O)c3ccccc3Oc3ccccc32)cc1. The van der Waals surface area contributed by atoms with Gasteiger partial charge in [-0.25, -0.2) is 0 Å². The van der Waals surface area contributed by atoms with E-state index in [9.17, 15) is 24.6 Å². The quantitative estimate of drug-likeness (QED) is 0.207. The first kappa shape index (κ1) is 33.1. The molecule has 256 valence electrons. The molecule has 10 heteroatoms. The number of aliphatic hydroxyl groups is 2. The molecule has 2 N–H and O–H groups in total. The third kappa shape index (κ3) is 5.70. The smallest absolute Gasteiger partial charge is 0.266 e. The van der Waals surface area contributed by atoms with Crippen LogP contribution in [-0.4, -0.2) is 59.1 Å². The molecular weight excluding hydrogens is 634 g/mol. The molecule has 3 aliphatic heterocycles. The Labute approximate surface area is 290 Å². The maximum atomic E-state index is 14.2. The van der Waals surface area contributed by atoms with Crippen LogP contribution in [0.1, 0.15) is 47.7 Å². The Balaban J connectivity index is 1.14. The zero-order valence-electron chi connectivity index (χ0n) is 28.0. The van der Waals surface area contributed by atoms with Gasteiger partial charge in [0.2, 0.25) is 5.91 Å². The van der Waals surface area contributed by atoms with Crippen molar-refractivity contribution in [3.05, 3.63) is 120 Å². The van der Waals surface area contributed by atoms with E-state index in [1.54, 1.807) is 70.2 Å². The van der Waals surface area contributed by atoms with Crippen molar-refractivity contribution in [1.29, 1.82) is 0 Å². The Morgan fingerprint density at radius 3 is 2.50 bits per heavy atom. The summed E-state index contributed by atoms with van der Waals surface area (Å²) in [6.07, 6.45) is 5.14. The predicted molar refractivity (Wildman–Crippen MR) is 189 cm³/mol. The van der Waals surface area contributed by atoms with Gasteiger partial charge < -0.3 is 29.5 Å². The van der Waals surface area contributed by atoms with Crippen LogP contribution < -0.4 is 19.3 Å². The Morgan fingerprint density at radius 1 is 1.00 bits per heavy atom. The molecule has 50 heavy (non-hydrogen) atoms. The number of carbonyl (C=O) groups is 3. The summed E-state index contributed by atoms with van der Waals surface area (Å²) in [6, 6.07) is 27.0. The average Bonchev–Trinajstić information content (AvgIpc) is 3.67. The number of carbonyl (C=O) groups excluding carboxylic acids is 3. The van der Waals surface area contributed by atoms with Crippen molar-refractivity contribution in [3.63, 3.8) is 0 Å². The van der Waals surface area contributed by atoms with Crippen LogP contribution in [-0.2, 0) is 21.7 Å². The lowest BCUT2D eigenvalue weighted by molar-refractivity contribution is -0.139. The maximum absolute atomic E-state index is 14.2. The molecule has 1 saturated heterocycles. The van der Waals surface area contributed by atoms with Crippen LogP contribution >= 0.6 is 0 Å². The van der Waals surface area contributed by atoms with Gasteiger partial charge in [-0.3, -0.25) is 19.3 Å². The van der Waals surface area contributed by atoms with Crippen molar-refractivity contribution >= 4 is 34.8 Å². The number of hydrogen-bond donors (Lipinski definition) is 2. The molecule has 4 aromatic rings. The van der Waals surface area contributed by atoms with Gasteiger partial charge in [0.05, 0.1) is 43.2 Å². The van der Waals surface area contributed by atoms with Gasteiger partial charge in [0.25, 0.3) is 11.8 Å². The molecule has 3 aliphatic rings. The summed E-state index contributed by atoms with van der Waals surface area (Å²) in [4.78, 5) is 45.8. The van der Waals surface area contributed by atoms with Crippen LogP contribution in [0.3, 0.4) is 0 Å². The number of amides is 3. The first-order chi connectivity index (χ1) is 24.2. The summed E-state index contributed by atoms with van der Waals surface area (Å²) in [7, 11) is 1.53. The summed E-state index contributed by atoms with van der Waals surface area (Å²) in [6.45, 7) is 2.47. The van der Waals surface area contributed by atoms with Crippen molar-refractivity contribution < 1.29 is 34.1 Å². The minimum absolute atomic E-state index is 0.0644. The van der Waals surface area contributed by atoms with E-state index in [2.05, 4.69) is 0 Å². The molecule has 0 bridgehead atoms. The monoisotopic (exact) mass is 673 g/mol. The minimum atomic E-state index is -1.90. The molecule has 3 heterocycles. The number of likely N-dealkylation sites (tertiary alicyclic amines) is 1. The van der Waals surface area contributed by atoms with Gasteiger partial charge in [-0.15, -0.1) is 0 Å². The van der Waals surface area contributed by atoms with E-state index < -0.39 is 17.4 Å². The maximum Gasteiger partial charge on any atom is 0.266 e. The van der Waals surface area contributed by atoms with Gasteiger partial charge in [0.1, 0.15) is 11.5 Å². The number of para-hydroxylation sites is 3. The molecule has 10 nitrogen and oxygen atoms in total. The van der Waals surface area contributed by atoms with E-state index >= 15 is 0 Å². The number of nitrogens with zero attached hydrogens (tertiary/aromatic N) is 3. The molecule has 0 unspecified atom stereocenters. The number of anilines is 3. The van der Waals surface area contributed by atoms with Crippen LogP contribution in [0.15, 0.2) is 103 Å². The lowest BCUT2D eigenvalue weighted by Gasteiger charge is -2.28. The van der Waals surface area contributed by atoms with E-state index in [-0.39, 0.29) is 37.4 Å². The third-order valence-corrected chi connectivity index (χ3v) is 9.94. The van der Waals surface area contributed by atoms with E-state index in [0.717, 1.165) is 18.4 Å². The van der Waals surface area contributed by atoms with E-state index in [4.69, 9.17) is 9.47 Å². The summed E-state index contributed by atoms with van der Waals surface area (Å²) < 4.78 is 11.6. The second-order valence-electron chi connectivity index (χ2n) is 12.9. The van der Waals surface area contributed by atoms with Gasteiger partial charge in [-0.05, 0) is 73.0 Å². The van der Waals surface area contributed by atoms with Gasteiger partial charge in [-0.2, -0.15) is 0 Å². The Hall–Kier alpha value is -5.45. The molecule has 0 saturated carbocycles. The lowest BCUT2D eigenvalue weighted by Crippen LogP contribution is -2.44. The third-order valence-electron chi connectivity index (χ3n) is 9.94. The van der Waals surface area contributed by atoms with Crippen molar-refractivity contribution in [2.45, 2.75) is 44.4 Å². The molecule has 4 aromatic carbocycles. The number of aliphatic hydroxyl groups excluding tert-OH is 1. The number of hydrogen-bond acceptors (Lipinski definition) is 7. The molecule has 3 amide bonds. The van der Waals surface area contributed by atoms with Crippen molar-refractivity contribution in [2.75, 3.05) is 30.1 Å². The highest BCUT2D eigenvalue weighted by molar-refractivity contribution is 6.14. The van der Waals surface area contributed by atoms with Gasteiger partial charge in [0.15, 0.2) is 11.4 Å². The summed E-state index contributed by atoms with van der Waals surface area (Å²) in [5, 5.41) is 21.8. The minimum Gasteiger partial charge on any atom is -0.497 e. The number of methoxy groups -OCH3 is 1. The van der Waals surface area contributed by atoms with Gasteiger partial charge >= 0.3 is 0 Å². The molecule has 0 aliphatic carbocycles. The summed E-state index contributed by atoms with van der Waals surface area (Å²) in [5.41, 5.74) is 1.56. The number of benzene rings is 4. The highest BCUT2D eigenvalue weighted by Crippen LogP contribution is 2.47. The Bertz CT molecular complexity index is 1980. The second kappa shape index (κ2) is 13.5. The zero-order valence-corrected chi connectivity index (χ0v) is 28.0. The first-order valence-corrected chi connectivity index (χ1v) is 16.8. The second-order valence-corrected chi connectivity index (χ2v) is 12.9. The Morgan fingerprint density at radius 2 is 1.74 bits per heavy atom. The van der Waals surface area contributed by atoms with Crippen molar-refractivity contribution in [2.24, 2.45) is 5.92 Å².